The summed E-state index contributed by atoms with van der Waals surface area (Å²) in [5, 5.41) is 9.93. The Balaban J connectivity index is 1.33. The summed E-state index contributed by atoms with van der Waals surface area (Å²) in [7, 11) is 0. The third-order valence-corrected chi connectivity index (χ3v) is 6.05. The fourth-order valence-electron chi connectivity index (χ4n) is 4.17. The minimum Gasteiger partial charge on any atom is -0.354 e. The van der Waals surface area contributed by atoms with Crippen LogP contribution in [0.1, 0.15) is 24.0 Å². The van der Waals surface area contributed by atoms with Crippen LogP contribution < -0.4 is 4.90 Å². The lowest BCUT2D eigenvalue weighted by Gasteiger charge is -2.25. The molecule has 0 radical (unpaired) electrons. The number of nitrogens with zero attached hydrogens (tertiary/aromatic N) is 5. The Labute approximate surface area is 174 Å². The number of hydrogen-bond donors (Lipinski definition) is 1. The first-order valence-electron chi connectivity index (χ1n) is 10.2. The third-order valence-electron chi connectivity index (χ3n) is 6.05. The highest BCUT2D eigenvalue weighted by atomic mass is 16.2. The van der Waals surface area contributed by atoms with Gasteiger partial charge in [-0.2, -0.15) is 5.26 Å². The summed E-state index contributed by atoms with van der Waals surface area (Å²) >= 11 is 0. The summed E-state index contributed by atoms with van der Waals surface area (Å²) in [4.78, 5) is 29.2. The second-order valence-electron chi connectivity index (χ2n) is 8.19. The van der Waals surface area contributed by atoms with Crippen LogP contribution in [-0.4, -0.2) is 51.9 Å². The van der Waals surface area contributed by atoms with Gasteiger partial charge in [-0.05, 0) is 42.7 Å². The van der Waals surface area contributed by atoms with E-state index in [0.29, 0.717) is 12.1 Å². The number of rotatable bonds is 3. The van der Waals surface area contributed by atoms with E-state index in [9.17, 15) is 4.79 Å². The Kier molecular flexibility index (Phi) is 4.47. The Morgan fingerprint density at radius 2 is 1.97 bits per heavy atom. The van der Waals surface area contributed by atoms with Crippen molar-refractivity contribution in [1.29, 1.82) is 5.26 Å². The van der Waals surface area contributed by atoms with Crippen LogP contribution in [0.2, 0.25) is 0 Å². The van der Waals surface area contributed by atoms with Crippen molar-refractivity contribution in [3.05, 3.63) is 60.1 Å². The molecule has 2 aromatic heterocycles. The smallest absolute Gasteiger partial charge is 0.246 e. The van der Waals surface area contributed by atoms with Gasteiger partial charge in [0.25, 0.3) is 0 Å². The quantitative estimate of drug-likeness (QED) is 0.685. The Bertz CT molecular complexity index is 1150. The number of nitrogens with one attached hydrogen (secondary N) is 1. The number of aromatic amines is 1. The lowest BCUT2D eigenvalue weighted by molar-refractivity contribution is -0.126. The Hall–Kier alpha value is -3.66. The van der Waals surface area contributed by atoms with Gasteiger partial charge in [0, 0.05) is 43.9 Å². The fraction of sp³-hybridized carbons (Fsp3) is 0.304. The van der Waals surface area contributed by atoms with Crippen molar-refractivity contribution in [3.8, 4) is 6.07 Å². The van der Waals surface area contributed by atoms with E-state index in [4.69, 9.17) is 5.26 Å². The van der Waals surface area contributed by atoms with Crippen molar-refractivity contribution in [3.63, 3.8) is 0 Å². The summed E-state index contributed by atoms with van der Waals surface area (Å²) in [6.45, 7) is 3.10. The zero-order chi connectivity index (χ0) is 20.6. The van der Waals surface area contributed by atoms with Gasteiger partial charge in [0.15, 0.2) is 0 Å². The van der Waals surface area contributed by atoms with E-state index < -0.39 is 0 Å². The number of H-pyrrole nitrogens is 1. The number of carbonyl (C=O) groups excluding carboxylic acids is 1. The van der Waals surface area contributed by atoms with Crippen LogP contribution in [0.25, 0.3) is 17.1 Å². The van der Waals surface area contributed by atoms with E-state index in [1.807, 2.05) is 35.4 Å². The molecular weight excluding hydrogens is 376 g/mol. The van der Waals surface area contributed by atoms with Gasteiger partial charge < -0.3 is 14.8 Å². The molecule has 5 rings (SSSR count). The van der Waals surface area contributed by atoms with Gasteiger partial charge in [0.05, 0.1) is 17.0 Å². The highest BCUT2D eigenvalue weighted by Gasteiger charge is 2.47. The molecule has 1 amide bonds. The van der Waals surface area contributed by atoms with Gasteiger partial charge in [0.1, 0.15) is 17.8 Å². The van der Waals surface area contributed by atoms with Gasteiger partial charge in [-0.15, -0.1) is 0 Å². The molecule has 1 saturated carbocycles. The topological polar surface area (TPSA) is 88.9 Å². The zero-order valence-electron chi connectivity index (χ0n) is 16.6. The average Bonchev–Trinajstić information content (AvgIpc) is 3.42. The van der Waals surface area contributed by atoms with E-state index >= 15 is 0 Å². The molecule has 30 heavy (non-hydrogen) atoms. The highest BCUT2D eigenvalue weighted by molar-refractivity contribution is 5.92. The van der Waals surface area contributed by atoms with E-state index in [2.05, 4.69) is 25.9 Å². The molecular formula is C23H22N6O. The lowest BCUT2D eigenvalue weighted by atomic mass is 10.1. The monoisotopic (exact) mass is 398 g/mol. The number of hydrogen-bond acceptors (Lipinski definition) is 5. The number of carbonyl (C=O) groups is 1. The zero-order valence-corrected chi connectivity index (χ0v) is 16.6. The van der Waals surface area contributed by atoms with Crippen LogP contribution in [0.5, 0.6) is 0 Å². The maximum Gasteiger partial charge on any atom is 0.246 e. The van der Waals surface area contributed by atoms with Crippen LogP contribution >= 0.6 is 0 Å². The predicted octanol–water partition coefficient (Wildman–Crippen LogP) is 2.97. The van der Waals surface area contributed by atoms with Crippen molar-refractivity contribution < 1.29 is 4.79 Å². The lowest BCUT2D eigenvalue weighted by Crippen LogP contribution is -2.35. The molecule has 1 aliphatic heterocycles. The SMILES string of the molecule is N#Cc1ccc(/C=C/C(=O)N2CCN(c3ncnc4[nH]ccc34)CC3(CC3)C2)cc1. The van der Waals surface area contributed by atoms with Gasteiger partial charge in [0.2, 0.25) is 5.91 Å². The van der Waals surface area contributed by atoms with E-state index in [1.165, 1.54) is 0 Å². The molecule has 1 aromatic carbocycles. The van der Waals surface area contributed by atoms with Crippen molar-refractivity contribution in [2.24, 2.45) is 5.41 Å². The molecule has 0 bridgehead atoms. The van der Waals surface area contributed by atoms with Crippen molar-refractivity contribution in [2.45, 2.75) is 12.8 Å². The molecule has 7 heteroatoms. The number of anilines is 1. The molecule has 3 heterocycles. The van der Waals surface area contributed by atoms with Crippen LogP contribution in [0, 0.1) is 16.7 Å². The standard InChI is InChI=1S/C23H22N6O/c24-13-18-3-1-17(2-4-18)5-6-20(30)28-11-12-29(15-23(14-28)8-9-23)22-19-7-10-25-21(19)26-16-27-22/h1-7,10,16H,8-9,11-12,14-15H2,(H,25,26,27)/b6-5+. The van der Waals surface area contributed by atoms with Gasteiger partial charge in [-0.3, -0.25) is 4.79 Å². The summed E-state index contributed by atoms with van der Waals surface area (Å²) in [6.07, 6.45) is 9.21. The molecule has 1 aliphatic carbocycles. The van der Waals surface area contributed by atoms with E-state index in [-0.39, 0.29) is 11.3 Å². The minimum absolute atomic E-state index is 0.0296. The van der Waals surface area contributed by atoms with Crippen molar-refractivity contribution in [2.75, 3.05) is 31.1 Å². The normalized spacial score (nSPS) is 18.0. The number of amides is 1. The highest BCUT2D eigenvalue weighted by Crippen LogP contribution is 2.48. The molecule has 7 nitrogen and oxygen atoms in total. The third kappa shape index (κ3) is 3.52. The van der Waals surface area contributed by atoms with Crippen LogP contribution in [0.3, 0.4) is 0 Å². The first kappa shape index (κ1) is 18.4. The molecule has 0 unspecified atom stereocenters. The van der Waals surface area contributed by atoms with E-state index in [1.54, 1.807) is 24.5 Å². The number of benzene rings is 1. The Morgan fingerprint density at radius 3 is 2.73 bits per heavy atom. The summed E-state index contributed by atoms with van der Waals surface area (Å²) in [5.74, 6) is 0.969. The first-order valence-corrected chi connectivity index (χ1v) is 10.2. The second-order valence-corrected chi connectivity index (χ2v) is 8.19. The molecule has 2 aliphatic rings. The largest absolute Gasteiger partial charge is 0.354 e. The average molecular weight is 398 g/mol. The second kappa shape index (κ2) is 7.30. The summed E-state index contributed by atoms with van der Waals surface area (Å²) in [5.41, 5.74) is 2.52. The number of fused-ring (bicyclic) bond motifs is 1. The first-order chi connectivity index (χ1) is 14.7. The maximum absolute atomic E-state index is 12.9. The summed E-state index contributed by atoms with van der Waals surface area (Å²) < 4.78 is 0. The van der Waals surface area contributed by atoms with Crippen molar-refractivity contribution in [1.82, 2.24) is 19.9 Å². The number of aromatic nitrogens is 3. The molecule has 150 valence electrons. The Morgan fingerprint density at radius 1 is 1.13 bits per heavy atom. The fourth-order valence-corrected chi connectivity index (χ4v) is 4.17. The molecule has 1 N–H and O–H groups in total. The molecule has 2 fully saturated rings. The van der Waals surface area contributed by atoms with Crippen LogP contribution in [0.4, 0.5) is 5.82 Å². The predicted molar refractivity (Wildman–Crippen MR) is 115 cm³/mol. The van der Waals surface area contributed by atoms with E-state index in [0.717, 1.165) is 54.9 Å². The maximum atomic E-state index is 12.9. The minimum atomic E-state index is 0.0296. The molecule has 3 aromatic rings. The van der Waals surface area contributed by atoms with Gasteiger partial charge in [-0.1, -0.05) is 12.1 Å². The van der Waals surface area contributed by atoms with Crippen LogP contribution in [0.15, 0.2) is 48.9 Å². The van der Waals surface area contributed by atoms with Gasteiger partial charge >= 0.3 is 0 Å². The van der Waals surface area contributed by atoms with Crippen LogP contribution in [-0.2, 0) is 4.79 Å². The molecule has 0 atom stereocenters. The van der Waals surface area contributed by atoms with Gasteiger partial charge in [-0.25, -0.2) is 9.97 Å². The number of nitriles is 1. The van der Waals surface area contributed by atoms with Crippen molar-refractivity contribution >= 4 is 28.8 Å². The molecule has 1 spiro atoms. The molecule has 1 saturated heterocycles. The summed E-state index contributed by atoms with van der Waals surface area (Å²) in [6, 6.07) is 11.3.